The lowest BCUT2D eigenvalue weighted by Crippen LogP contribution is -2.13. The zero-order valence-corrected chi connectivity index (χ0v) is 12.0. The Balaban J connectivity index is 2.34. The normalized spacial score (nSPS) is 25.6. The van der Waals surface area contributed by atoms with E-state index in [2.05, 4.69) is 32.9 Å². The van der Waals surface area contributed by atoms with Crippen molar-refractivity contribution in [3.63, 3.8) is 0 Å². The molecule has 1 aromatic rings. The molecule has 1 aliphatic rings. The predicted molar refractivity (Wildman–Crippen MR) is 76.1 cm³/mol. The van der Waals surface area contributed by atoms with Gasteiger partial charge in [-0.3, -0.25) is 0 Å². The molecule has 2 atom stereocenters. The van der Waals surface area contributed by atoms with Crippen molar-refractivity contribution in [2.24, 2.45) is 0 Å². The van der Waals surface area contributed by atoms with Gasteiger partial charge >= 0.3 is 0 Å². The molecular formula is C16H23Cl. The lowest BCUT2D eigenvalue weighted by molar-refractivity contribution is 0.596. The third-order valence-electron chi connectivity index (χ3n) is 4.21. The summed E-state index contributed by atoms with van der Waals surface area (Å²) in [6.45, 7) is 6.63. The fraction of sp³-hybridized carbons (Fsp3) is 0.625. The van der Waals surface area contributed by atoms with Crippen LogP contribution in [0.5, 0.6) is 0 Å². The second kappa shape index (κ2) is 5.44. The molecule has 0 nitrogen and oxygen atoms in total. The molecule has 1 saturated carbocycles. The summed E-state index contributed by atoms with van der Waals surface area (Å²) in [6, 6.07) is 4.69. The van der Waals surface area contributed by atoms with E-state index in [-0.39, 0.29) is 0 Å². The van der Waals surface area contributed by atoms with Crippen molar-refractivity contribution < 1.29 is 0 Å². The van der Waals surface area contributed by atoms with Crippen LogP contribution in [0.1, 0.15) is 60.3 Å². The molecule has 2 unspecified atom stereocenters. The van der Waals surface area contributed by atoms with Crippen LogP contribution in [0.2, 0.25) is 0 Å². The molecule has 0 aliphatic heterocycles. The van der Waals surface area contributed by atoms with Gasteiger partial charge in [-0.2, -0.15) is 0 Å². The molecule has 0 aromatic heterocycles. The second-order valence-electron chi connectivity index (χ2n) is 5.55. The van der Waals surface area contributed by atoms with Gasteiger partial charge in [-0.25, -0.2) is 0 Å². The molecule has 1 aliphatic carbocycles. The maximum Gasteiger partial charge on any atom is 0.0404 e. The van der Waals surface area contributed by atoms with E-state index < -0.39 is 0 Å². The van der Waals surface area contributed by atoms with Gasteiger partial charge in [0.2, 0.25) is 0 Å². The van der Waals surface area contributed by atoms with Crippen LogP contribution in [0.3, 0.4) is 0 Å². The van der Waals surface area contributed by atoms with E-state index in [4.69, 9.17) is 11.6 Å². The van der Waals surface area contributed by atoms with Crippen molar-refractivity contribution in [1.82, 2.24) is 0 Å². The van der Waals surface area contributed by atoms with Gasteiger partial charge in [-0.1, -0.05) is 31.4 Å². The summed E-state index contributed by atoms with van der Waals surface area (Å²) < 4.78 is 0. The maximum atomic E-state index is 6.59. The van der Waals surface area contributed by atoms with Gasteiger partial charge in [-0.05, 0) is 55.9 Å². The quantitative estimate of drug-likeness (QED) is 0.471. The molecule has 0 heterocycles. The van der Waals surface area contributed by atoms with Crippen LogP contribution in [-0.4, -0.2) is 5.38 Å². The Bertz CT molecular complexity index is 395. The zero-order valence-electron chi connectivity index (χ0n) is 11.2. The molecule has 0 radical (unpaired) electrons. The van der Waals surface area contributed by atoms with Crippen molar-refractivity contribution in [3.8, 4) is 0 Å². The Morgan fingerprint density at radius 1 is 0.882 bits per heavy atom. The highest BCUT2D eigenvalue weighted by atomic mass is 35.5. The van der Waals surface area contributed by atoms with Crippen LogP contribution in [0.25, 0.3) is 0 Å². The maximum absolute atomic E-state index is 6.59. The molecule has 2 rings (SSSR count). The number of hydrogen-bond acceptors (Lipinski definition) is 0. The fourth-order valence-electron chi connectivity index (χ4n) is 3.00. The molecule has 1 fully saturated rings. The Morgan fingerprint density at radius 3 is 2.29 bits per heavy atom. The topological polar surface area (TPSA) is 0 Å². The average molecular weight is 251 g/mol. The second-order valence-corrected chi connectivity index (χ2v) is 6.11. The van der Waals surface area contributed by atoms with Crippen molar-refractivity contribution >= 4 is 11.6 Å². The van der Waals surface area contributed by atoms with Gasteiger partial charge in [0.1, 0.15) is 0 Å². The molecule has 94 valence electrons. The lowest BCUT2D eigenvalue weighted by Gasteiger charge is -2.23. The number of halogens is 1. The minimum atomic E-state index is 0.332. The number of benzene rings is 1. The smallest absolute Gasteiger partial charge is 0.0404 e. The number of alkyl halides is 1. The number of hydrogen-bond donors (Lipinski definition) is 0. The number of aryl methyl sites for hydroxylation is 3. The summed E-state index contributed by atoms with van der Waals surface area (Å²) in [4.78, 5) is 0. The molecule has 1 aromatic carbocycles. The van der Waals surface area contributed by atoms with E-state index >= 15 is 0 Å². The molecule has 1 heteroatoms. The fourth-order valence-corrected chi connectivity index (χ4v) is 3.41. The third-order valence-corrected chi connectivity index (χ3v) is 4.74. The summed E-state index contributed by atoms with van der Waals surface area (Å²) in [5.74, 6) is 0.568. The van der Waals surface area contributed by atoms with E-state index in [1.807, 2.05) is 0 Å². The van der Waals surface area contributed by atoms with Crippen molar-refractivity contribution in [3.05, 3.63) is 34.4 Å². The zero-order chi connectivity index (χ0) is 12.4. The molecule has 0 saturated heterocycles. The Morgan fingerprint density at radius 2 is 1.53 bits per heavy atom. The van der Waals surface area contributed by atoms with E-state index in [9.17, 15) is 0 Å². The van der Waals surface area contributed by atoms with E-state index in [0.29, 0.717) is 11.3 Å². The molecule has 0 spiro atoms. The van der Waals surface area contributed by atoms with Crippen LogP contribution in [0.15, 0.2) is 12.1 Å². The van der Waals surface area contributed by atoms with Crippen LogP contribution < -0.4 is 0 Å². The van der Waals surface area contributed by atoms with E-state index in [1.54, 1.807) is 0 Å². The van der Waals surface area contributed by atoms with Gasteiger partial charge in [0.15, 0.2) is 0 Å². The first-order chi connectivity index (χ1) is 8.09. The molecular weight excluding hydrogens is 228 g/mol. The molecule has 0 amide bonds. The Hall–Kier alpha value is -0.490. The van der Waals surface area contributed by atoms with Gasteiger partial charge < -0.3 is 0 Å². The van der Waals surface area contributed by atoms with Gasteiger partial charge in [0.05, 0.1) is 0 Å². The highest BCUT2D eigenvalue weighted by Crippen LogP contribution is 2.37. The monoisotopic (exact) mass is 250 g/mol. The molecule has 0 bridgehead atoms. The first-order valence-electron chi connectivity index (χ1n) is 6.81. The summed E-state index contributed by atoms with van der Waals surface area (Å²) in [7, 11) is 0. The summed E-state index contributed by atoms with van der Waals surface area (Å²) in [5.41, 5.74) is 5.71. The van der Waals surface area contributed by atoms with Crippen molar-refractivity contribution in [2.45, 2.75) is 64.2 Å². The van der Waals surface area contributed by atoms with Gasteiger partial charge in [-0.15, -0.1) is 11.6 Å². The highest BCUT2D eigenvalue weighted by molar-refractivity contribution is 6.21. The SMILES string of the molecule is Cc1cc(C)c(C2CCCCCC2Cl)cc1C. The Labute approximate surface area is 110 Å². The largest absolute Gasteiger partial charge is 0.122 e. The van der Waals surface area contributed by atoms with Crippen LogP contribution in [0.4, 0.5) is 0 Å². The lowest BCUT2D eigenvalue weighted by atomic mass is 9.86. The third kappa shape index (κ3) is 2.85. The van der Waals surface area contributed by atoms with Crippen LogP contribution in [0, 0.1) is 20.8 Å². The minimum absolute atomic E-state index is 0.332. The summed E-state index contributed by atoms with van der Waals surface area (Å²) in [5, 5.41) is 0.332. The first-order valence-corrected chi connectivity index (χ1v) is 7.25. The highest BCUT2D eigenvalue weighted by Gasteiger charge is 2.24. The van der Waals surface area contributed by atoms with Crippen LogP contribution in [-0.2, 0) is 0 Å². The summed E-state index contributed by atoms with van der Waals surface area (Å²) >= 11 is 6.59. The standard InChI is InChI=1S/C16H23Cl/c1-11-9-13(3)15(10-12(11)2)14-7-5-4-6-8-16(14)17/h9-10,14,16H,4-8H2,1-3H3. The summed E-state index contributed by atoms with van der Waals surface area (Å²) in [6.07, 6.45) is 6.43. The molecule has 0 N–H and O–H groups in total. The average Bonchev–Trinajstić information content (AvgIpc) is 2.49. The Kier molecular flexibility index (Phi) is 4.14. The van der Waals surface area contributed by atoms with Crippen molar-refractivity contribution in [2.75, 3.05) is 0 Å². The predicted octanol–water partition coefficient (Wildman–Crippen LogP) is 5.27. The minimum Gasteiger partial charge on any atom is -0.122 e. The number of rotatable bonds is 1. The molecule has 17 heavy (non-hydrogen) atoms. The van der Waals surface area contributed by atoms with Gasteiger partial charge in [0.25, 0.3) is 0 Å². The van der Waals surface area contributed by atoms with E-state index in [1.165, 1.54) is 54.4 Å². The first kappa shape index (κ1) is 13.0. The van der Waals surface area contributed by atoms with E-state index in [0.717, 1.165) is 0 Å². The van der Waals surface area contributed by atoms with Crippen LogP contribution >= 0.6 is 11.6 Å². The van der Waals surface area contributed by atoms with Gasteiger partial charge in [0, 0.05) is 11.3 Å². The van der Waals surface area contributed by atoms with Crippen molar-refractivity contribution in [1.29, 1.82) is 0 Å².